The number of ketones is 1. The van der Waals surface area contributed by atoms with E-state index in [9.17, 15) is 14.0 Å². The van der Waals surface area contributed by atoms with Crippen molar-refractivity contribution in [1.82, 2.24) is 0 Å². The van der Waals surface area contributed by atoms with Crippen LogP contribution in [0, 0.1) is 0 Å². The largest absolute Gasteiger partial charge is 0.466 e. The maximum Gasteiger partial charge on any atom is 0.351 e. The number of rotatable bonds is 1. The maximum absolute atomic E-state index is 14.0. The first-order valence-corrected chi connectivity index (χ1v) is 4.92. The van der Waals surface area contributed by atoms with Gasteiger partial charge in [0.1, 0.15) is 0 Å². The van der Waals surface area contributed by atoms with Crippen LogP contribution in [-0.2, 0) is 14.3 Å². The Morgan fingerprint density at radius 1 is 1.36 bits per heavy atom. The Kier molecular flexibility index (Phi) is 3.61. The quantitative estimate of drug-likeness (QED) is 0.481. The van der Waals surface area contributed by atoms with E-state index >= 15 is 0 Å². The van der Waals surface area contributed by atoms with Gasteiger partial charge in [0.05, 0.1) is 7.11 Å². The molecule has 0 N–H and O–H groups in total. The summed E-state index contributed by atoms with van der Waals surface area (Å²) in [5, 5.41) is 0. The zero-order chi connectivity index (χ0) is 10.6. The third-order valence-corrected chi connectivity index (χ3v) is 2.63. The summed E-state index contributed by atoms with van der Waals surface area (Å²) >= 11 is 0. The van der Waals surface area contributed by atoms with Crippen LogP contribution in [0.15, 0.2) is 0 Å². The van der Waals surface area contributed by atoms with Crippen molar-refractivity contribution in [3.8, 4) is 0 Å². The minimum atomic E-state index is -2.38. The predicted molar refractivity (Wildman–Crippen MR) is 48.6 cm³/mol. The number of Topliss-reactive ketones (excluding diaryl/α,β-unsaturated/α-hetero) is 1. The Labute approximate surface area is 82.6 Å². The highest BCUT2D eigenvalue weighted by atomic mass is 19.1. The SMILES string of the molecule is COC(=O)C1(F)CCCCCCC1=O. The summed E-state index contributed by atoms with van der Waals surface area (Å²) in [6.07, 6.45) is 3.15. The molecule has 1 unspecified atom stereocenters. The van der Waals surface area contributed by atoms with Gasteiger partial charge in [0.15, 0.2) is 5.78 Å². The van der Waals surface area contributed by atoms with Crippen LogP contribution in [0.25, 0.3) is 0 Å². The highest BCUT2D eigenvalue weighted by molar-refractivity contribution is 6.07. The average molecular weight is 202 g/mol. The van der Waals surface area contributed by atoms with Crippen molar-refractivity contribution in [2.75, 3.05) is 7.11 Å². The number of halogens is 1. The molecule has 0 amide bonds. The van der Waals surface area contributed by atoms with Crippen molar-refractivity contribution in [2.45, 2.75) is 44.2 Å². The van der Waals surface area contributed by atoms with Crippen LogP contribution < -0.4 is 0 Å². The van der Waals surface area contributed by atoms with Crippen molar-refractivity contribution < 1.29 is 18.7 Å². The number of methoxy groups -OCH3 is 1. The molecule has 0 spiro atoms. The molecule has 1 aliphatic carbocycles. The van der Waals surface area contributed by atoms with Crippen molar-refractivity contribution in [1.29, 1.82) is 0 Å². The van der Waals surface area contributed by atoms with E-state index in [1.165, 1.54) is 0 Å². The molecule has 1 saturated carbocycles. The van der Waals surface area contributed by atoms with Gasteiger partial charge in [0.2, 0.25) is 0 Å². The molecule has 0 aliphatic heterocycles. The van der Waals surface area contributed by atoms with Gasteiger partial charge < -0.3 is 4.74 Å². The van der Waals surface area contributed by atoms with Gasteiger partial charge in [-0.05, 0) is 19.3 Å². The van der Waals surface area contributed by atoms with Crippen LogP contribution in [0.1, 0.15) is 38.5 Å². The molecule has 0 saturated heterocycles. The molecule has 1 atom stereocenters. The Hall–Kier alpha value is -0.930. The lowest BCUT2D eigenvalue weighted by atomic mass is 9.87. The van der Waals surface area contributed by atoms with Gasteiger partial charge in [0, 0.05) is 6.42 Å². The number of alkyl halides is 1. The second kappa shape index (κ2) is 4.53. The summed E-state index contributed by atoms with van der Waals surface area (Å²) in [7, 11) is 1.11. The van der Waals surface area contributed by atoms with E-state index in [0.29, 0.717) is 12.8 Å². The van der Waals surface area contributed by atoms with Crippen LogP contribution in [0.5, 0.6) is 0 Å². The maximum atomic E-state index is 14.0. The number of carbonyl (C=O) groups excluding carboxylic acids is 2. The monoisotopic (exact) mass is 202 g/mol. The normalized spacial score (nSPS) is 29.1. The van der Waals surface area contributed by atoms with Gasteiger partial charge in [-0.2, -0.15) is 0 Å². The Morgan fingerprint density at radius 3 is 2.64 bits per heavy atom. The molecule has 0 aromatic heterocycles. The molecular formula is C10H15FO3. The van der Waals surface area contributed by atoms with Gasteiger partial charge >= 0.3 is 5.97 Å². The minimum Gasteiger partial charge on any atom is -0.466 e. The van der Waals surface area contributed by atoms with Gasteiger partial charge in [0.25, 0.3) is 5.67 Å². The van der Waals surface area contributed by atoms with E-state index in [2.05, 4.69) is 4.74 Å². The molecule has 0 aromatic carbocycles. The summed E-state index contributed by atoms with van der Waals surface area (Å²) < 4.78 is 18.3. The molecule has 3 nitrogen and oxygen atoms in total. The second-order valence-electron chi connectivity index (χ2n) is 3.63. The Morgan fingerprint density at radius 2 is 2.00 bits per heavy atom. The number of ether oxygens (including phenoxy) is 1. The van der Waals surface area contributed by atoms with Crippen LogP contribution in [-0.4, -0.2) is 24.5 Å². The lowest BCUT2D eigenvalue weighted by Gasteiger charge is -2.22. The molecule has 1 rings (SSSR count). The van der Waals surface area contributed by atoms with Gasteiger partial charge in [-0.3, -0.25) is 4.79 Å². The van der Waals surface area contributed by atoms with Crippen molar-refractivity contribution in [2.24, 2.45) is 0 Å². The van der Waals surface area contributed by atoms with E-state index < -0.39 is 17.4 Å². The summed E-state index contributed by atoms with van der Waals surface area (Å²) in [4.78, 5) is 22.6. The lowest BCUT2D eigenvalue weighted by Crippen LogP contribution is -2.43. The average Bonchev–Trinajstić information content (AvgIpc) is 2.18. The van der Waals surface area contributed by atoms with E-state index in [0.717, 1.165) is 20.0 Å². The standard InChI is InChI=1S/C10H15FO3/c1-14-9(13)10(11)7-5-3-2-4-6-8(10)12/h2-7H2,1H3. The van der Waals surface area contributed by atoms with Crippen LogP contribution >= 0.6 is 0 Å². The topological polar surface area (TPSA) is 43.4 Å². The summed E-state index contributed by atoms with van der Waals surface area (Å²) in [5.41, 5.74) is -2.38. The molecule has 4 heteroatoms. The van der Waals surface area contributed by atoms with E-state index in [-0.39, 0.29) is 12.8 Å². The minimum absolute atomic E-state index is 0.0293. The van der Waals surface area contributed by atoms with Gasteiger partial charge in [-0.15, -0.1) is 0 Å². The molecule has 0 heterocycles. The van der Waals surface area contributed by atoms with Crippen LogP contribution in [0.2, 0.25) is 0 Å². The highest BCUT2D eigenvalue weighted by Crippen LogP contribution is 2.28. The van der Waals surface area contributed by atoms with Gasteiger partial charge in [-0.1, -0.05) is 12.8 Å². The molecule has 80 valence electrons. The van der Waals surface area contributed by atoms with Crippen molar-refractivity contribution in [3.63, 3.8) is 0 Å². The fourth-order valence-corrected chi connectivity index (χ4v) is 1.72. The zero-order valence-corrected chi connectivity index (χ0v) is 8.35. The summed E-state index contributed by atoms with van der Waals surface area (Å²) in [6.45, 7) is 0. The zero-order valence-electron chi connectivity index (χ0n) is 8.35. The lowest BCUT2D eigenvalue weighted by molar-refractivity contribution is -0.161. The Bertz CT molecular complexity index is 240. The molecule has 0 aromatic rings. The van der Waals surface area contributed by atoms with E-state index in [1.54, 1.807) is 0 Å². The second-order valence-corrected chi connectivity index (χ2v) is 3.63. The van der Waals surface area contributed by atoms with Crippen molar-refractivity contribution in [3.05, 3.63) is 0 Å². The molecule has 1 fully saturated rings. The molecule has 0 radical (unpaired) electrons. The molecule has 1 aliphatic rings. The molecule has 0 bridgehead atoms. The number of hydrogen-bond donors (Lipinski definition) is 0. The summed E-state index contributed by atoms with van der Waals surface area (Å²) in [5.74, 6) is -1.66. The Balaban J connectivity index is 2.78. The number of carbonyl (C=O) groups is 2. The van der Waals surface area contributed by atoms with Crippen LogP contribution in [0.4, 0.5) is 4.39 Å². The first-order chi connectivity index (χ1) is 6.61. The van der Waals surface area contributed by atoms with E-state index in [1.807, 2.05) is 0 Å². The summed E-state index contributed by atoms with van der Waals surface area (Å²) in [6, 6.07) is 0. The first kappa shape index (κ1) is 11.1. The fraction of sp³-hybridized carbons (Fsp3) is 0.800. The molecular weight excluding hydrogens is 187 g/mol. The smallest absolute Gasteiger partial charge is 0.351 e. The van der Waals surface area contributed by atoms with E-state index in [4.69, 9.17) is 0 Å². The molecule has 14 heavy (non-hydrogen) atoms. The third-order valence-electron chi connectivity index (χ3n) is 2.63. The van der Waals surface area contributed by atoms with Crippen molar-refractivity contribution >= 4 is 11.8 Å². The first-order valence-electron chi connectivity index (χ1n) is 4.92. The third kappa shape index (κ3) is 2.11. The van der Waals surface area contributed by atoms with Gasteiger partial charge in [-0.25, -0.2) is 9.18 Å². The van der Waals surface area contributed by atoms with Crippen LogP contribution in [0.3, 0.4) is 0 Å². The predicted octanol–water partition coefficient (Wildman–Crippen LogP) is 1.79. The highest BCUT2D eigenvalue weighted by Gasteiger charge is 2.46. The number of hydrogen-bond acceptors (Lipinski definition) is 3. The number of esters is 1. The fourth-order valence-electron chi connectivity index (χ4n) is 1.72.